The topological polar surface area (TPSA) is 62.2 Å². The molecule has 1 fully saturated rings. The molecule has 1 heterocycles. The van der Waals surface area contributed by atoms with Crippen molar-refractivity contribution in [2.45, 2.75) is 45.1 Å². The number of aryl methyl sites for hydroxylation is 2. The fourth-order valence-corrected chi connectivity index (χ4v) is 2.61. The summed E-state index contributed by atoms with van der Waals surface area (Å²) in [5.74, 6) is -0.129. The number of pyridine rings is 1. The quantitative estimate of drug-likeness (QED) is 0.856. The predicted molar refractivity (Wildman–Crippen MR) is 69.5 cm³/mol. The van der Waals surface area contributed by atoms with Crippen molar-refractivity contribution in [2.75, 3.05) is 6.61 Å². The molecule has 1 saturated carbocycles. The standard InChI is InChI=1S/C14H20N2O2/c1-10-5-6-12(11(2)15-10)13(18)16-14(9-17)7-3-4-8-14/h5-6,17H,3-4,7-9H2,1-2H3,(H,16,18). The Morgan fingerprint density at radius 1 is 1.39 bits per heavy atom. The molecule has 0 radical (unpaired) electrons. The third-order valence-corrected chi connectivity index (χ3v) is 3.71. The number of carbonyl (C=O) groups is 1. The normalized spacial score (nSPS) is 17.7. The molecule has 1 aliphatic carbocycles. The maximum Gasteiger partial charge on any atom is 0.253 e. The molecule has 0 aromatic carbocycles. The fourth-order valence-electron chi connectivity index (χ4n) is 2.61. The Hall–Kier alpha value is -1.42. The third-order valence-electron chi connectivity index (χ3n) is 3.71. The lowest BCUT2D eigenvalue weighted by atomic mass is 9.98. The molecule has 0 saturated heterocycles. The van der Waals surface area contributed by atoms with Gasteiger partial charge in [-0.3, -0.25) is 9.78 Å². The molecule has 0 aliphatic heterocycles. The van der Waals surface area contributed by atoms with Gasteiger partial charge in [0.25, 0.3) is 5.91 Å². The van der Waals surface area contributed by atoms with E-state index in [9.17, 15) is 9.90 Å². The first kappa shape index (κ1) is 13.0. The van der Waals surface area contributed by atoms with Gasteiger partial charge in [0.15, 0.2) is 0 Å². The fraction of sp³-hybridized carbons (Fsp3) is 0.571. The van der Waals surface area contributed by atoms with Crippen LogP contribution in [0.15, 0.2) is 12.1 Å². The van der Waals surface area contributed by atoms with Gasteiger partial charge in [-0.2, -0.15) is 0 Å². The van der Waals surface area contributed by atoms with E-state index >= 15 is 0 Å². The van der Waals surface area contributed by atoms with E-state index in [-0.39, 0.29) is 12.5 Å². The number of aliphatic hydroxyl groups excluding tert-OH is 1. The van der Waals surface area contributed by atoms with E-state index < -0.39 is 5.54 Å². The second kappa shape index (κ2) is 5.06. The molecule has 98 valence electrons. The molecule has 0 bridgehead atoms. The van der Waals surface area contributed by atoms with Gasteiger partial charge in [-0.05, 0) is 38.8 Å². The molecule has 1 aromatic heterocycles. The molecule has 1 aromatic rings. The molecule has 4 heteroatoms. The van der Waals surface area contributed by atoms with Gasteiger partial charge in [-0.1, -0.05) is 12.8 Å². The molecular weight excluding hydrogens is 228 g/mol. The summed E-state index contributed by atoms with van der Waals surface area (Å²) in [6.07, 6.45) is 3.83. The van der Waals surface area contributed by atoms with Crippen molar-refractivity contribution in [2.24, 2.45) is 0 Å². The molecule has 1 aliphatic rings. The number of aliphatic hydroxyl groups is 1. The minimum absolute atomic E-state index is 0.0110. The van der Waals surface area contributed by atoms with Crippen molar-refractivity contribution >= 4 is 5.91 Å². The van der Waals surface area contributed by atoms with E-state index in [0.717, 1.165) is 37.1 Å². The highest BCUT2D eigenvalue weighted by molar-refractivity contribution is 5.95. The van der Waals surface area contributed by atoms with Gasteiger partial charge in [-0.25, -0.2) is 0 Å². The first-order valence-electron chi connectivity index (χ1n) is 6.44. The van der Waals surface area contributed by atoms with Crippen molar-refractivity contribution in [1.29, 1.82) is 0 Å². The molecule has 0 unspecified atom stereocenters. The van der Waals surface area contributed by atoms with Crippen molar-refractivity contribution < 1.29 is 9.90 Å². The minimum atomic E-state index is -0.422. The monoisotopic (exact) mass is 248 g/mol. The van der Waals surface area contributed by atoms with Gasteiger partial charge < -0.3 is 10.4 Å². The van der Waals surface area contributed by atoms with Crippen LogP contribution in [0.4, 0.5) is 0 Å². The van der Waals surface area contributed by atoms with Crippen LogP contribution in [-0.4, -0.2) is 28.1 Å². The minimum Gasteiger partial charge on any atom is -0.394 e. The maximum absolute atomic E-state index is 12.2. The van der Waals surface area contributed by atoms with Gasteiger partial charge in [0.1, 0.15) is 0 Å². The summed E-state index contributed by atoms with van der Waals surface area (Å²) in [5.41, 5.74) is 1.81. The Morgan fingerprint density at radius 2 is 2.06 bits per heavy atom. The van der Waals surface area contributed by atoms with Crippen molar-refractivity contribution in [3.63, 3.8) is 0 Å². The number of hydrogen-bond acceptors (Lipinski definition) is 3. The zero-order chi connectivity index (χ0) is 13.2. The number of aromatic nitrogens is 1. The average molecular weight is 248 g/mol. The lowest BCUT2D eigenvalue weighted by Gasteiger charge is -2.28. The van der Waals surface area contributed by atoms with Crippen molar-refractivity contribution in [1.82, 2.24) is 10.3 Å². The summed E-state index contributed by atoms with van der Waals surface area (Å²) in [7, 11) is 0. The Kier molecular flexibility index (Phi) is 3.66. The molecule has 0 atom stereocenters. The number of amides is 1. The van der Waals surface area contributed by atoms with Gasteiger partial charge in [-0.15, -0.1) is 0 Å². The second-order valence-electron chi connectivity index (χ2n) is 5.19. The number of nitrogens with zero attached hydrogens (tertiary/aromatic N) is 1. The van der Waals surface area contributed by atoms with Crippen molar-refractivity contribution in [3.05, 3.63) is 29.1 Å². The molecule has 1 amide bonds. The van der Waals surface area contributed by atoms with Crippen LogP contribution in [0, 0.1) is 13.8 Å². The van der Waals surface area contributed by atoms with Gasteiger partial charge in [0.2, 0.25) is 0 Å². The van der Waals surface area contributed by atoms with E-state index in [2.05, 4.69) is 10.3 Å². The lowest BCUT2D eigenvalue weighted by Crippen LogP contribution is -2.49. The van der Waals surface area contributed by atoms with E-state index in [1.165, 1.54) is 0 Å². The van der Waals surface area contributed by atoms with Crippen LogP contribution in [0.25, 0.3) is 0 Å². The van der Waals surface area contributed by atoms with Crippen LogP contribution < -0.4 is 5.32 Å². The Labute approximate surface area is 107 Å². The van der Waals surface area contributed by atoms with Crippen molar-refractivity contribution in [3.8, 4) is 0 Å². The largest absolute Gasteiger partial charge is 0.394 e. The van der Waals surface area contributed by atoms with E-state index in [4.69, 9.17) is 0 Å². The predicted octanol–water partition coefficient (Wildman–Crippen LogP) is 1.73. The van der Waals surface area contributed by atoms with Crippen LogP contribution in [-0.2, 0) is 0 Å². The van der Waals surface area contributed by atoms with Crippen LogP contribution in [0.5, 0.6) is 0 Å². The van der Waals surface area contributed by atoms with Crippen LogP contribution >= 0.6 is 0 Å². The number of hydrogen-bond donors (Lipinski definition) is 2. The van der Waals surface area contributed by atoms with E-state index in [1.54, 1.807) is 6.07 Å². The Morgan fingerprint density at radius 3 is 2.61 bits per heavy atom. The van der Waals surface area contributed by atoms with Gasteiger partial charge in [0.05, 0.1) is 23.4 Å². The highest BCUT2D eigenvalue weighted by Crippen LogP contribution is 2.29. The first-order valence-corrected chi connectivity index (χ1v) is 6.44. The SMILES string of the molecule is Cc1ccc(C(=O)NC2(CO)CCCC2)c(C)n1. The van der Waals surface area contributed by atoms with E-state index in [0.29, 0.717) is 5.56 Å². The number of rotatable bonds is 3. The third kappa shape index (κ3) is 2.53. The second-order valence-corrected chi connectivity index (χ2v) is 5.19. The van der Waals surface area contributed by atoms with Crippen LogP contribution in [0.1, 0.15) is 47.4 Å². The van der Waals surface area contributed by atoms with Crippen LogP contribution in [0.2, 0.25) is 0 Å². The Balaban J connectivity index is 2.16. The highest BCUT2D eigenvalue weighted by atomic mass is 16.3. The number of nitrogens with one attached hydrogen (secondary N) is 1. The molecule has 18 heavy (non-hydrogen) atoms. The summed E-state index contributed by atoms with van der Waals surface area (Å²) in [5, 5.41) is 12.5. The summed E-state index contributed by atoms with van der Waals surface area (Å²) >= 11 is 0. The van der Waals surface area contributed by atoms with E-state index in [1.807, 2.05) is 19.9 Å². The molecule has 0 spiro atoms. The maximum atomic E-state index is 12.2. The smallest absolute Gasteiger partial charge is 0.253 e. The van der Waals surface area contributed by atoms with Gasteiger partial charge in [0, 0.05) is 5.69 Å². The average Bonchev–Trinajstić information content (AvgIpc) is 2.78. The zero-order valence-electron chi connectivity index (χ0n) is 11.0. The first-order chi connectivity index (χ1) is 8.56. The zero-order valence-corrected chi connectivity index (χ0v) is 11.0. The van der Waals surface area contributed by atoms with Crippen LogP contribution in [0.3, 0.4) is 0 Å². The lowest BCUT2D eigenvalue weighted by molar-refractivity contribution is 0.0837. The molecule has 4 nitrogen and oxygen atoms in total. The number of carbonyl (C=O) groups excluding carboxylic acids is 1. The molecule has 2 N–H and O–H groups in total. The molecule has 2 rings (SSSR count). The molecular formula is C14H20N2O2. The Bertz CT molecular complexity index is 451. The summed E-state index contributed by atoms with van der Waals surface area (Å²) in [6.45, 7) is 3.75. The summed E-state index contributed by atoms with van der Waals surface area (Å²) in [6, 6.07) is 3.63. The van der Waals surface area contributed by atoms with Gasteiger partial charge >= 0.3 is 0 Å². The highest BCUT2D eigenvalue weighted by Gasteiger charge is 2.35. The summed E-state index contributed by atoms with van der Waals surface area (Å²) in [4.78, 5) is 16.5. The summed E-state index contributed by atoms with van der Waals surface area (Å²) < 4.78 is 0.